The minimum atomic E-state index is -0.432. The minimum absolute atomic E-state index is 0.0754. The average Bonchev–Trinajstić information content (AvgIpc) is 2.75. The number of hydrogen-bond acceptors (Lipinski definition) is 6. The summed E-state index contributed by atoms with van der Waals surface area (Å²) in [6, 6.07) is 6.81. The van der Waals surface area contributed by atoms with Crippen molar-refractivity contribution >= 4 is 29.4 Å². The number of hydrogen-bond donors (Lipinski definition) is 1. The van der Waals surface area contributed by atoms with Crippen molar-refractivity contribution in [3.8, 4) is 5.75 Å². The third kappa shape index (κ3) is 4.65. The van der Waals surface area contributed by atoms with Crippen molar-refractivity contribution in [2.45, 2.75) is 33.1 Å². The van der Waals surface area contributed by atoms with E-state index in [4.69, 9.17) is 4.74 Å². The lowest BCUT2D eigenvalue weighted by atomic mass is 10.1. The summed E-state index contributed by atoms with van der Waals surface area (Å²) >= 11 is 0. The Morgan fingerprint density at radius 1 is 1.06 bits per heavy atom. The van der Waals surface area contributed by atoms with E-state index in [9.17, 15) is 14.4 Å². The minimum Gasteiger partial charge on any atom is -0.482 e. The van der Waals surface area contributed by atoms with Crippen LogP contribution >= 0.6 is 0 Å². The number of nitrogens with one attached hydrogen (secondary N) is 1. The summed E-state index contributed by atoms with van der Waals surface area (Å²) in [5.74, 6) is -0.207. The Labute approximate surface area is 180 Å². The second kappa shape index (κ2) is 8.71. The van der Waals surface area contributed by atoms with E-state index >= 15 is 0 Å². The van der Waals surface area contributed by atoms with Gasteiger partial charge in [0.25, 0.3) is 11.8 Å². The fourth-order valence-electron chi connectivity index (χ4n) is 3.88. The molecule has 0 radical (unpaired) electrons. The molecule has 9 heteroatoms. The Kier molecular flexibility index (Phi) is 5.83. The van der Waals surface area contributed by atoms with Crippen molar-refractivity contribution in [2.75, 3.05) is 36.5 Å². The van der Waals surface area contributed by atoms with Crippen LogP contribution in [0.2, 0.25) is 0 Å². The van der Waals surface area contributed by atoms with Gasteiger partial charge in [0, 0.05) is 30.0 Å². The van der Waals surface area contributed by atoms with Crippen LogP contribution in [0.5, 0.6) is 5.75 Å². The van der Waals surface area contributed by atoms with Gasteiger partial charge in [0.1, 0.15) is 12.3 Å². The molecule has 2 aliphatic rings. The molecule has 162 valence electrons. The maximum atomic E-state index is 12.9. The van der Waals surface area contributed by atoms with Crippen LogP contribution in [0.1, 0.15) is 41.0 Å². The van der Waals surface area contributed by atoms with Crippen LogP contribution in [0, 0.1) is 13.8 Å². The predicted octanol–water partition coefficient (Wildman–Crippen LogP) is 2.08. The normalized spacial score (nSPS) is 15.9. The maximum Gasteiger partial charge on any atom is 0.265 e. The van der Waals surface area contributed by atoms with Gasteiger partial charge in [-0.1, -0.05) is 0 Å². The summed E-state index contributed by atoms with van der Waals surface area (Å²) in [4.78, 5) is 49.6. The van der Waals surface area contributed by atoms with Crippen LogP contribution in [-0.2, 0) is 9.59 Å². The van der Waals surface area contributed by atoms with Crippen molar-refractivity contribution in [3.05, 3.63) is 41.2 Å². The zero-order valence-corrected chi connectivity index (χ0v) is 17.7. The number of anilines is 2. The number of carbonyl (C=O) groups excluding carboxylic acids is 3. The second-order valence-corrected chi connectivity index (χ2v) is 7.83. The molecule has 0 aliphatic carbocycles. The van der Waals surface area contributed by atoms with Crippen LogP contribution in [0.3, 0.4) is 0 Å². The summed E-state index contributed by atoms with van der Waals surface area (Å²) in [5.41, 5.74) is 2.35. The second-order valence-electron chi connectivity index (χ2n) is 7.83. The van der Waals surface area contributed by atoms with Gasteiger partial charge < -0.3 is 9.64 Å². The summed E-state index contributed by atoms with van der Waals surface area (Å²) in [7, 11) is 0. The lowest BCUT2D eigenvalue weighted by Crippen LogP contribution is -2.43. The highest BCUT2D eigenvalue weighted by atomic mass is 16.5. The monoisotopic (exact) mass is 423 g/mol. The molecule has 0 saturated carbocycles. The van der Waals surface area contributed by atoms with Crippen molar-refractivity contribution in [3.63, 3.8) is 0 Å². The summed E-state index contributed by atoms with van der Waals surface area (Å²) in [5, 5.41) is 2.64. The van der Waals surface area contributed by atoms with Gasteiger partial charge in [-0.2, -0.15) is 0 Å². The highest BCUT2D eigenvalue weighted by molar-refractivity contribution is 6.06. The van der Waals surface area contributed by atoms with Crippen molar-refractivity contribution in [2.24, 2.45) is 0 Å². The van der Waals surface area contributed by atoms with Gasteiger partial charge in [0.15, 0.2) is 6.61 Å². The van der Waals surface area contributed by atoms with E-state index in [-0.39, 0.29) is 30.9 Å². The number of aromatic nitrogens is 2. The molecule has 9 nitrogen and oxygen atoms in total. The summed E-state index contributed by atoms with van der Waals surface area (Å²) in [6.45, 7) is 4.69. The molecule has 31 heavy (non-hydrogen) atoms. The largest absolute Gasteiger partial charge is 0.482 e. The third-order valence-corrected chi connectivity index (χ3v) is 5.33. The standard InChI is InChI=1S/C22H25N5O4/c1-14-10-15(2)24-22(23-14)25-19(28)12-27-17-11-16(6-7-18(17)31-13-20(27)29)21(30)26-8-4-3-5-9-26/h6-7,10-11H,3-5,8-9,12-13H2,1-2H3,(H,23,24,25,28). The van der Waals surface area contributed by atoms with E-state index in [1.54, 1.807) is 24.3 Å². The molecule has 0 unspecified atom stereocenters. The molecule has 1 aromatic carbocycles. The predicted molar refractivity (Wildman–Crippen MR) is 114 cm³/mol. The van der Waals surface area contributed by atoms with Gasteiger partial charge in [-0.3, -0.25) is 24.6 Å². The van der Waals surface area contributed by atoms with E-state index in [1.807, 2.05) is 18.7 Å². The lowest BCUT2D eigenvalue weighted by molar-refractivity contribution is -0.123. The number of fused-ring (bicyclic) bond motifs is 1. The lowest BCUT2D eigenvalue weighted by Gasteiger charge is -2.30. The number of benzene rings is 1. The van der Waals surface area contributed by atoms with Gasteiger partial charge in [-0.25, -0.2) is 9.97 Å². The van der Waals surface area contributed by atoms with Gasteiger partial charge in [-0.05, 0) is 57.4 Å². The summed E-state index contributed by atoms with van der Waals surface area (Å²) in [6.07, 6.45) is 3.11. The average molecular weight is 423 g/mol. The zero-order chi connectivity index (χ0) is 22.0. The molecule has 3 heterocycles. The van der Waals surface area contributed by atoms with E-state index in [0.717, 1.165) is 43.7 Å². The topological polar surface area (TPSA) is 105 Å². The molecule has 2 aromatic rings. The number of amides is 3. The van der Waals surface area contributed by atoms with Crippen molar-refractivity contribution in [1.29, 1.82) is 0 Å². The van der Waals surface area contributed by atoms with Gasteiger partial charge >= 0.3 is 0 Å². The van der Waals surface area contributed by atoms with Crippen LogP contribution in [0.25, 0.3) is 0 Å². The third-order valence-electron chi connectivity index (χ3n) is 5.33. The molecule has 0 atom stereocenters. The van der Waals surface area contributed by atoms with Gasteiger partial charge in [0.2, 0.25) is 11.9 Å². The van der Waals surface area contributed by atoms with Crippen LogP contribution in [0.4, 0.5) is 11.6 Å². The highest BCUT2D eigenvalue weighted by Gasteiger charge is 2.29. The number of rotatable bonds is 4. The molecule has 1 fully saturated rings. The fourth-order valence-corrected chi connectivity index (χ4v) is 3.88. The first-order valence-corrected chi connectivity index (χ1v) is 10.4. The first-order chi connectivity index (χ1) is 14.9. The molecular formula is C22H25N5O4. The Bertz CT molecular complexity index is 1010. The van der Waals surface area contributed by atoms with Crippen LogP contribution in [-0.4, -0.2) is 58.8 Å². The number of nitrogens with zero attached hydrogens (tertiary/aromatic N) is 4. The highest BCUT2D eigenvalue weighted by Crippen LogP contribution is 2.33. The smallest absolute Gasteiger partial charge is 0.265 e. The van der Waals surface area contributed by atoms with Gasteiger partial charge in [-0.15, -0.1) is 0 Å². The SMILES string of the molecule is Cc1cc(C)nc(NC(=O)CN2C(=O)COc3ccc(C(=O)N4CCCCC4)cc32)n1. The number of piperidine rings is 1. The number of carbonyl (C=O) groups is 3. The molecule has 3 amide bonds. The maximum absolute atomic E-state index is 12.9. The molecule has 0 bridgehead atoms. The Balaban J connectivity index is 1.54. The molecule has 0 spiro atoms. The molecule has 1 N–H and O–H groups in total. The first-order valence-electron chi connectivity index (χ1n) is 10.4. The summed E-state index contributed by atoms with van der Waals surface area (Å²) < 4.78 is 5.50. The first kappa shape index (κ1) is 20.8. The zero-order valence-electron chi connectivity index (χ0n) is 17.7. The van der Waals surface area contributed by atoms with E-state index < -0.39 is 5.91 Å². The Hall–Kier alpha value is -3.49. The number of likely N-dealkylation sites (tertiary alicyclic amines) is 1. The molecule has 1 aromatic heterocycles. The molecule has 2 aliphatic heterocycles. The Morgan fingerprint density at radius 2 is 1.77 bits per heavy atom. The van der Waals surface area contributed by atoms with Crippen LogP contribution < -0.4 is 15.0 Å². The molecule has 1 saturated heterocycles. The van der Waals surface area contributed by atoms with Crippen molar-refractivity contribution < 1.29 is 19.1 Å². The Morgan fingerprint density at radius 3 is 2.48 bits per heavy atom. The van der Waals surface area contributed by atoms with Gasteiger partial charge in [0.05, 0.1) is 5.69 Å². The molecular weight excluding hydrogens is 398 g/mol. The van der Waals surface area contributed by atoms with Crippen LogP contribution in [0.15, 0.2) is 24.3 Å². The number of aryl methyl sites for hydroxylation is 2. The van der Waals surface area contributed by atoms with E-state index in [2.05, 4.69) is 15.3 Å². The van der Waals surface area contributed by atoms with E-state index in [0.29, 0.717) is 17.0 Å². The molecule has 4 rings (SSSR count). The number of ether oxygens (including phenoxy) is 1. The fraction of sp³-hybridized carbons (Fsp3) is 0.409. The van der Waals surface area contributed by atoms with Crippen molar-refractivity contribution in [1.82, 2.24) is 14.9 Å². The quantitative estimate of drug-likeness (QED) is 0.807. The van der Waals surface area contributed by atoms with E-state index in [1.165, 1.54) is 4.90 Å².